The van der Waals surface area contributed by atoms with Crippen LogP contribution in [0.25, 0.3) is 0 Å². The summed E-state index contributed by atoms with van der Waals surface area (Å²) in [5, 5.41) is 3.49. The maximum absolute atomic E-state index is 11.7. The van der Waals surface area contributed by atoms with E-state index in [0.717, 1.165) is 10.2 Å². The second-order valence-electron chi connectivity index (χ2n) is 4.91. The van der Waals surface area contributed by atoms with Gasteiger partial charge in [-0.15, -0.1) is 0 Å². The molecule has 1 rings (SSSR count). The van der Waals surface area contributed by atoms with Gasteiger partial charge >= 0.3 is 0 Å². The number of rotatable bonds is 2. The first kappa shape index (κ1) is 13.5. The number of nitrogens with one attached hydrogen (secondary N) is 1. The summed E-state index contributed by atoms with van der Waals surface area (Å²) in [6, 6.07) is 5.29. The number of benzene rings is 1. The zero-order chi connectivity index (χ0) is 12.3. The Hall–Kier alpha value is -0.540. The lowest BCUT2D eigenvalue weighted by Gasteiger charge is -2.17. The minimum absolute atomic E-state index is 0.00974. The first-order chi connectivity index (χ1) is 7.28. The van der Waals surface area contributed by atoms with E-state index in [1.165, 1.54) is 0 Å². The third kappa shape index (κ3) is 4.54. The molecule has 0 aliphatic heterocycles. The Morgan fingerprint density at radius 1 is 1.44 bits per heavy atom. The molecule has 0 saturated heterocycles. The molecule has 0 radical (unpaired) electrons. The summed E-state index contributed by atoms with van der Waals surface area (Å²) in [7, 11) is 0. The monoisotopic (exact) mass is 303 g/mol. The molecule has 0 atom stereocenters. The Balaban J connectivity index is 2.70. The van der Waals surface area contributed by atoms with Gasteiger partial charge in [0, 0.05) is 15.9 Å². The number of carbonyl (C=O) groups is 1. The summed E-state index contributed by atoms with van der Waals surface area (Å²) in [6.07, 6.45) is 0.488. The number of anilines is 1. The van der Waals surface area contributed by atoms with E-state index in [4.69, 9.17) is 11.6 Å². The van der Waals surface area contributed by atoms with Crippen LogP contribution in [0.2, 0.25) is 5.02 Å². The molecule has 0 heterocycles. The SMILES string of the molecule is CC(C)(C)CC(=O)Nc1ccc(Cl)cc1Br. The molecule has 1 aromatic rings. The van der Waals surface area contributed by atoms with Crippen molar-refractivity contribution >= 4 is 39.1 Å². The average molecular weight is 305 g/mol. The molecule has 0 aromatic heterocycles. The number of hydrogen-bond donors (Lipinski definition) is 1. The van der Waals surface area contributed by atoms with Crippen LogP contribution in [0.3, 0.4) is 0 Å². The van der Waals surface area contributed by atoms with Crippen LogP contribution in [0.1, 0.15) is 27.2 Å². The van der Waals surface area contributed by atoms with Gasteiger partial charge in [-0.25, -0.2) is 0 Å². The van der Waals surface area contributed by atoms with Crippen LogP contribution in [0.4, 0.5) is 5.69 Å². The van der Waals surface area contributed by atoms with Gasteiger partial charge in [0.05, 0.1) is 5.69 Å². The van der Waals surface area contributed by atoms with Crippen molar-refractivity contribution in [3.8, 4) is 0 Å². The van der Waals surface area contributed by atoms with Crippen LogP contribution in [0.15, 0.2) is 22.7 Å². The molecule has 0 saturated carbocycles. The summed E-state index contributed by atoms with van der Waals surface area (Å²) >= 11 is 9.17. The predicted molar refractivity (Wildman–Crippen MR) is 71.9 cm³/mol. The number of hydrogen-bond acceptors (Lipinski definition) is 1. The standard InChI is InChI=1S/C12H15BrClNO/c1-12(2,3)7-11(16)15-10-5-4-8(14)6-9(10)13/h4-6H,7H2,1-3H3,(H,15,16). The smallest absolute Gasteiger partial charge is 0.224 e. The molecule has 0 unspecified atom stereocenters. The maximum Gasteiger partial charge on any atom is 0.224 e. The minimum atomic E-state index is -0.0109. The highest BCUT2D eigenvalue weighted by atomic mass is 79.9. The summed E-state index contributed by atoms with van der Waals surface area (Å²) in [5.41, 5.74) is 0.738. The molecule has 0 fully saturated rings. The van der Waals surface area contributed by atoms with Crippen molar-refractivity contribution in [2.45, 2.75) is 27.2 Å². The number of amides is 1. The number of carbonyl (C=O) groups excluding carboxylic acids is 1. The van der Waals surface area contributed by atoms with Crippen molar-refractivity contribution in [1.82, 2.24) is 0 Å². The molecule has 4 heteroatoms. The van der Waals surface area contributed by atoms with Gasteiger partial charge in [-0.1, -0.05) is 32.4 Å². The van der Waals surface area contributed by atoms with Gasteiger partial charge in [0.25, 0.3) is 0 Å². The Kier molecular flexibility index (Phi) is 4.39. The third-order valence-electron chi connectivity index (χ3n) is 1.90. The molecule has 88 valence electrons. The van der Waals surface area contributed by atoms with Crippen molar-refractivity contribution in [3.05, 3.63) is 27.7 Å². The molecular weight excluding hydrogens is 289 g/mol. The Morgan fingerprint density at radius 2 is 2.06 bits per heavy atom. The highest BCUT2D eigenvalue weighted by Gasteiger charge is 2.16. The van der Waals surface area contributed by atoms with Crippen LogP contribution in [-0.4, -0.2) is 5.91 Å². The summed E-state index contributed by atoms with van der Waals surface area (Å²) < 4.78 is 0.794. The van der Waals surface area contributed by atoms with Gasteiger partial charge < -0.3 is 5.32 Å². The maximum atomic E-state index is 11.7. The van der Waals surface area contributed by atoms with E-state index >= 15 is 0 Å². The molecule has 1 aromatic carbocycles. The lowest BCUT2D eigenvalue weighted by Crippen LogP contribution is -2.19. The first-order valence-corrected chi connectivity index (χ1v) is 6.20. The van der Waals surface area contributed by atoms with Crippen LogP contribution >= 0.6 is 27.5 Å². The van der Waals surface area contributed by atoms with Gasteiger partial charge in [0.2, 0.25) is 5.91 Å². The van der Waals surface area contributed by atoms with E-state index in [-0.39, 0.29) is 11.3 Å². The molecule has 1 N–H and O–H groups in total. The molecule has 0 aliphatic rings. The van der Waals surface area contributed by atoms with Crippen molar-refractivity contribution in [1.29, 1.82) is 0 Å². The third-order valence-corrected chi connectivity index (χ3v) is 2.79. The zero-order valence-corrected chi connectivity index (χ0v) is 11.9. The quantitative estimate of drug-likeness (QED) is 0.857. The van der Waals surface area contributed by atoms with Crippen LogP contribution in [0, 0.1) is 5.41 Å². The normalized spacial score (nSPS) is 11.3. The van der Waals surface area contributed by atoms with Gasteiger partial charge in [-0.3, -0.25) is 4.79 Å². The predicted octanol–water partition coefficient (Wildman–Crippen LogP) is 4.48. The van der Waals surface area contributed by atoms with Gasteiger partial charge in [-0.2, -0.15) is 0 Å². The molecule has 1 amide bonds. The summed E-state index contributed by atoms with van der Waals surface area (Å²) in [5.74, 6) is 0.00974. The van der Waals surface area contributed by atoms with Crippen molar-refractivity contribution in [2.75, 3.05) is 5.32 Å². The Bertz CT molecular complexity index is 398. The van der Waals surface area contributed by atoms with E-state index in [1.807, 2.05) is 20.8 Å². The van der Waals surface area contributed by atoms with E-state index in [0.29, 0.717) is 11.4 Å². The van der Waals surface area contributed by atoms with Gasteiger partial charge in [0.15, 0.2) is 0 Å². The van der Waals surface area contributed by atoms with Crippen LogP contribution in [-0.2, 0) is 4.79 Å². The highest BCUT2D eigenvalue weighted by Crippen LogP contribution is 2.27. The second-order valence-corrected chi connectivity index (χ2v) is 6.20. The van der Waals surface area contributed by atoms with Crippen LogP contribution < -0.4 is 5.32 Å². The largest absolute Gasteiger partial charge is 0.325 e. The summed E-state index contributed by atoms with van der Waals surface area (Å²) in [6.45, 7) is 6.09. The average Bonchev–Trinajstić information content (AvgIpc) is 2.06. The highest BCUT2D eigenvalue weighted by molar-refractivity contribution is 9.10. The molecule has 16 heavy (non-hydrogen) atoms. The van der Waals surface area contributed by atoms with Crippen molar-refractivity contribution < 1.29 is 4.79 Å². The minimum Gasteiger partial charge on any atom is -0.325 e. The lowest BCUT2D eigenvalue weighted by molar-refractivity contribution is -0.117. The van der Waals surface area contributed by atoms with Gasteiger partial charge in [0.1, 0.15) is 0 Å². The molecule has 2 nitrogen and oxygen atoms in total. The zero-order valence-electron chi connectivity index (χ0n) is 9.60. The van der Waals surface area contributed by atoms with Crippen molar-refractivity contribution in [2.24, 2.45) is 5.41 Å². The van der Waals surface area contributed by atoms with Gasteiger partial charge in [-0.05, 0) is 39.5 Å². The van der Waals surface area contributed by atoms with E-state index < -0.39 is 0 Å². The fraction of sp³-hybridized carbons (Fsp3) is 0.417. The second kappa shape index (κ2) is 5.19. The van der Waals surface area contributed by atoms with E-state index in [9.17, 15) is 4.79 Å². The Morgan fingerprint density at radius 3 is 2.56 bits per heavy atom. The number of halogens is 2. The molecule has 0 bridgehead atoms. The lowest BCUT2D eigenvalue weighted by atomic mass is 9.92. The Labute approximate surface area is 110 Å². The molecule has 0 aliphatic carbocycles. The van der Waals surface area contributed by atoms with Crippen molar-refractivity contribution in [3.63, 3.8) is 0 Å². The molecular formula is C12H15BrClNO. The molecule has 0 spiro atoms. The summed E-state index contributed by atoms with van der Waals surface area (Å²) in [4.78, 5) is 11.7. The fourth-order valence-corrected chi connectivity index (χ4v) is 2.05. The fourth-order valence-electron chi connectivity index (χ4n) is 1.27. The van der Waals surface area contributed by atoms with E-state index in [1.54, 1.807) is 18.2 Å². The topological polar surface area (TPSA) is 29.1 Å². The van der Waals surface area contributed by atoms with E-state index in [2.05, 4.69) is 21.2 Å². The van der Waals surface area contributed by atoms with Crippen LogP contribution in [0.5, 0.6) is 0 Å². The first-order valence-electron chi connectivity index (χ1n) is 5.03.